The van der Waals surface area contributed by atoms with Crippen LogP contribution in [0.25, 0.3) is 0 Å². The predicted octanol–water partition coefficient (Wildman–Crippen LogP) is 2.51. The Balaban J connectivity index is 2.33. The quantitative estimate of drug-likeness (QED) is 0.848. The lowest BCUT2D eigenvalue weighted by Crippen LogP contribution is -2.13. The van der Waals surface area contributed by atoms with Crippen LogP contribution in [0.2, 0.25) is 0 Å². The second kappa shape index (κ2) is 3.81. The predicted molar refractivity (Wildman–Crippen MR) is 60.9 cm³/mol. The molecule has 0 heterocycles. The minimum atomic E-state index is -0.724. The van der Waals surface area contributed by atoms with Crippen LogP contribution in [0.1, 0.15) is 30.4 Å². The zero-order valence-electron chi connectivity index (χ0n) is 9.62. The van der Waals surface area contributed by atoms with Crippen molar-refractivity contribution < 1.29 is 14.6 Å². The molecule has 1 aliphatic carbocycles. The van der Waals surface area contributed by atoms with Crippen molar-refractivity contribution in [2.45, 2.75) is 31.6 Å². The highest BCUT2D eigenvalue weighted by Crippen LogP contribution is 2.51. The highest BCUT2D eigenvalue weighted by atomic mass is 16.5. The van der Waals surface area contributed by atoms with Crippen molar-refractivity contribution in [3.8, 4) is 5.75 Å². The van der Waals surface area contributed by atoms with Gasteiger partial charge in [0.05, 0.1) is 13.5 Å². The first-order valence-electron chi connectivity index (χ1n) is 5.44. The Morgan fingerprint density at radius 2 is 2.12 bits per heavy atom. The van der Waals surface area contributed by atoms with Gasteiger partial charge in [-0.25, -0.2) is 0 Å². The molecule has 1 aliphatic rings. The Bertz CT molecular complexity index is 419. The molecule has 1 saturated carbocycles. The van der Waals surface area contributed by atoms with Crippen LogP contribution in [0, 0.1) is 6.92 Å². The SMILES string of the molecule is COc1cc(C)cc(C2(CC(=O)O)CC2)c1. The van der Waals surface area contributed by atoms with Crippen LogP contribution in [-0.4, -0.2) is 18.2 Å². The molecule has 0 amide bonds. The number of ether oxygens (including phenoxy) is 1. The molecule has 16 heavy (non-hydrogen) atoms. The number of hydrogen-bond acceptors (Lipinski definition) is 2. The monoisotopic (exact) mass is 220 g/mol. The number of aryl methyl sites for hydroxylation is 1. The van der Waals surface area contributed by atoms with E-state index in [9.17, 15) is 4.79 Å². The summed E-state index contributed by atoms with van der Waals surface area (Å²) in [5.41, 5.74) is 2.09. The highest BCUT2D eigenvalue weighted by Gasteiger charge is 2.46. The number of carboxylic acid groups (broad SMARTS) is 1. The van der Waals surface area contributed by atoms with Gasteiger partial charge in [0, 0.05) is 5.41 Å². The van der Waals surface area contributed by atoms with Gasteiger partial charge < -0.3 is 9.84 Å². The number of hydrogen-bond donors (Lipinski definition) is 1. The standard InChI is InChI=1S/C13H16O3/c1-9-5-10(7-11(6-9)16-2)13(3-4-13)8-12(14)15/h5-7H,3-4,8H2,1-2H3,(H,14,15). The number of carbonyl (C=O) groups is 1. The molecule has 0 unspecified atom stereocenters. The van der Waals surface area contributed by atoms with Crippen molar-refractivity contribution >= 4 is 5.97 Å². The minimum absolute atomic E-state index is 0.134. The number of aliphatic carboxylic acids is 1. The normalized spacial score (nSPS) is 16.9. The summed E-state index contributed by atoms with van der Waals surface area (Å²) in [7, 11) is 1.63. The largest absolute Gasteiger partial charge is 0.497 e. The Morgan fingerprint density at radius 1 is 1.44 bits per heavy atom. The fourth-order valence-electron chi connectivity index (χ4n) is 2.18. The van der Waals surface area contributed by atoms with Crippen molar-refractivity contribution in [1.29, 1.82) is 0 Å². The average molecular weight is 220 g/mol. The van der Waals surface area contributed by atoms with Crippen molar-refractivity contribution in [2.24, 2.45) is 0 Å². The van der Waals surface area contributed by atoms with E-state index in [4.69, 9.17) is 9.84 Å². The molecular formula is C13H16O3. The summed E-state index contributed by atoms with van der Waals surface area (Å²) in [6.07, 6.45) is 2.15. The van der Waals surface area contributed by atoms with Crippen LogP contribution in [0.15, 0.2) is 18.2 Å². The van der Waals surface area contributed by atoms with Gasteiger partial charge in [0.2, 0.25) is 0 Å². The van der Waals surface area contributed by atoms with Crippen molar-refractivity contribution in [1.82, 2.24) is 0 Å². The molecule has 3 nitrogen and oxygen atoms in total. The van der Waals surface area contributed by atoms with E-state index < -0.39 is 5.97 Å². The maximum absolute atomic E-state index is 10.8. The highest BCUT2D eigenvalue weighted by molar-refractivity contribution is 5.70. The van der Waals surface area contributed by atoms with Gasteiger partial charge in [-0.3, -0.25) is 4.79 Å². The fraction of sp³-hybridized carbons (Fsp3) is 0.462. The van der Waals surface area contributed by atoms with Gasteiger partial charge in [0.1, 0.15) is 5.75 Å². The maximum Gasteiger partial charge on any atom is 0.304 e. The molecule has 0 radical (unpaired) electrons. The van der Waals surface area contributed by atoms with Crippen LogP contribution in [-0.2, 0) is 10.2 Å². The van der Waals surface area contributed by atoms with E-state index >= 15 is 0 Å². The van der Waals surface area contributed by atoms with E-state index in [0.29, 0.717) is 0 Å². The first kappa shape index (κ1) is 11.0. The van der Waals surface area contributed by atoms with Gasteiger partial charge in [-0.1, -0.05) is 6.07 Å². The van der Waals surface area contributed by atoms with Crippen LogP contribution in [0.3, 0.4) is 0 Å². The molecule has 0 bridgehead atoms. The summed E-state index contributed by atoms with van der Waals surface area (Å²) in [6, 6.07) is 5.99. The third-order valence-electron chi connectivity index (χ3n) is 3.24. The maximum atomic E-state index is 10.8. The molecule has 0 saturated heterocycles. The second-order valence-electron chi connectivity index (χ2n) is 4.59. The van der Waals surface area contributed by atoms with Crippen molar-refractivity contribution in [2.75, 3.05) is 7.11 Å². The van der Waals surface area contributed by atoms with E-state index in [1.807, 2.05) is 19.1 Å². The molecule has 2 rings (SSSR count). The van der Waals surface area contributed by atoms with Gasteiger partial charge in [-0.2, -0.15) is 0 Å². The topological polar surface area (TPSA) is 46.5 Å². The van der Waals surface area contributed by atoms with Crippen LogP contribution >= 0.6 is 0 Å². The van der Waals surface area contributed by atoms with E-state index in [0.717, 1.165) is 29.7 Å². The zero-order valence-corrected chi connectivity index (χ0v) is 9.62. The Kier molecular flexibility index (Phi) is 2.62. The smallest absolute Gasteiger partial charge is 0.304 e. The average Bonchev–Trinajstić information content (AvgIpc) is 2.97. The first-order valence-corrected chi connectivity index (χ1v) is 5.44. The Morgan fingerprint density at radius 3 is 2.62 bits per heavy atom. The van der Waals surface area contributed by atoms with E-state index in [-0.39, 0.29) is 11.8 Å². The Labute approximate surface area is 95.0 Å². The summed E-state index contributed by atoms with van der Waals surface area (Å²) in [4.78, 5) is 10.8. The third kappa shape index (κ3) is 2.03. The van der Waals surface area contributed by atoms with Crippen LogP contribution in [0.4, 0.5) is 0 Å². The number of methoxy groups -OCH3 is 1. The molecule has 1 N–H and O–H groups in total. The van der Waals surface area contributed by atoms with Gasteiger partial charge in [-0.15, -0.1) is 0 Å². The molecule has 1 aromatic rings. The van der Waals surface area contributed by atoms with E-state index in [1.54, 1.807) is 7.11 Å². The summed E-state index contributed by atoms with van der Waals surface area (Å²) in [5.74, 6) is 0.0876. The summed E-state index contributed by atoms with van der Waals surface area (Å²) in [5, 5.41) is 8.91. The summed E-state index contributed by atoms with van der Waals surface area (Å²) < 4.78 is 5.22. The summed E-state index contributed by atoms with van der Waals surface area (Å²) >= 11 is 0. The minimum Gasteiger partial charge on any atom is -0.497 e. The first-order chi connectivity index (χ1) is 7.55. The molecule has 0 atom stereocenters. The van der Waals surface area contributed by atoms with Crippen molar-refractivity contribution in [3.05, 3.63) is 29.3 Å². The molecule has 1 fully saturated rings. The number of carboxylic acids is 1. The van der Waals surface area contributed by atoms with Gasteiger partial charge >= 0.3 is 5.97 Å². The van der Waals surface area contributed by atoms with Crippen LogP contribution in [0.5, 0.6) is 5.75 Å². The lowest BCUT2D eigenvalue weighted by Gasteiger charge is -2.15. The third-order valence-corrected chi connectivity index (χ3v) is 3.24. The van der Waals surface area contributed by atoms with Crippen LogP contribution < -0.4 is 4.74 Å². The molecule has 0 aromatic heterocycles. The molecule has 0 aliphatic heterocycles. The van der Waals surface area contributed by atoms with E-state index in [1.165, 1.54) is 0 Å². The Hall–Kier alpha value is -1.51. The van der Waals surface area contributed by atoms with E-state index in [2.05, 4.69) is 6.07 Å². The van der Waals surface area contributed by atoms with Gasteiger partial charge in [0.25, 0.3) is 0 Å². The fourth-order valence-corrected chi connectivity index (χ4v) is 2.18. The molecule has 86 valence electrons. The molecule has 0 spiro atoms. The summed E-state index contributed by atoms with van der Waals surface area (Å²) in [6.45, 7) is 2.00. The molecule has 1 aromatic carbocycles. The molecule has 3 heteroatoms. The molecular weight excluding hydrogens is 204 g/mol. The second-order valence-corrected chi connectivity index (χ2v) is 4.59. The lowest BCUT2D eigenvalue weighted by molar-refractivity contribution is -0.137. The van der Waals surface area contributed by atoms with Crippen molar-refractivity contribution in [3.63, 3.8) is 0 Å². The van der Waals surface area contributed by atoms with Gasteiger partial charge in [0.15, 0.2) is 0 Å². The number of benzene rings is 1. The zero-order chi connectivity index (χ0) is 11.8. The number of rotatable bonds is 4. The lowest BCUT2D eigenvalue weighted by atomic mass is 9.91. The van der Waals surface area contributed by atoms with Gasteiger partial charge in [-0.05, 0) is 43.0 Å².